The van der Waals surface area contributed by atoms with Crippen LogP contribution in [0.5, 0.6) is 0 Å². The first kappa shape index (κ1) is 24.4. The van der Waals surface area contributed by atoms with Gasteiger partial charge in [-0.2, -0.15) is 0 Å². The van der Waals surface area contributed by atoms with Crippen molar-refractivity contribution in [1.82, 2.24) is 19.1 Å². The van der Waals surface area contributed by atoms with Crippen molar-refractivity contribution in [2.45, 2.75) is 19.5 Å². The van der Waals surface area contributed by atoms with Gasteiger partial charge in [0.25, 0.3) is 11.1 Å². The fraction of sp³-hybridized carbons (Fsp3) is 0.111. The Balaban J connectivity index is 1.27. The Morgan fingerprint density at radius 1 is 0.649 bits per heavy atom. The number of aryl methyl sites for hydroxylation is 2. The van der Waals surface area contributed by atoms with Gasteiger partial charge in [-0.15, -0.1) is 22.7 Å². The van der Waals surface area contributed by atoms with E-state index in [0.29, 0.717) is 30.3 Å². The number of nitrogens with zero attached hydrogens (tertiary/aromatic N) is 4. The van der Waals surface area contributed by atoms with Crippen molar-refractivity contribution in [1.29, 1.82) is 0 Å². The second-order valence-corrected chi connectivity index (χ2v) is 12.1. The summed E-state index contributed by atoms with van der Waals surface area (Å²) >= 11 is 9.86. The van der Waals surface area contributed by atoms with E-state index in [0.717, 1.165) is 40.9 Å². The van der Waals surface area contributed by atoms with Crippen molar-refractivity contribution < 1.29 is 0 Å². The van der Waals surface area contributed by atoms with Crippen LogP contribution in [0.4, 0.5) is 0 Å². The van der Waals surface area contributed by atoms with E-state index in [1.165, 1.54) is 22.7 Å². The maximum Gasteiger partial charge on any atom is 0.262 e. The highest BCUT2D eigenvalue weighted by molar-refractivity contribution is 9.10. The summed E-state index contributed by atoms with van der Waals surface area (Å²) in [5.41, 5.74) is 3.61. The number of rotatable bonds is 6. The van der Waals surface area contributed by atoms with Gasteiger partial charge in [0.05, 0.1) is 23.4 Å². The van der Waals surface area contributed by atoms with E-state index in [1.807, 2.05) is 59.3 Å². The fourth-order valence-electron chi connectivity index (χ4n) is 4.35. The molecule has 6 nitrogen and oxygen atoms in total. The van der Waals surface area contributed by atoms with Gasteiger partial charge in [-0.05, 0) is 41.8 Å². The van der Waals surface area contributed by atoms with Gasteiger partial charge in [0.15, 0.2) is 0 Å². The molecule has 0 saturated carbocycles. The molecule has 0 unspecified atom stereocenters. The topological polar surface area (TPSA) is 69.8 Å². The van der Waals surface area contributed by atoms with Crippen molar-refractivity contribution in [2.75, 3.05) is 0 Å². The largest absolute Gasteiger partial charge is 0.299 e. The molecule has 0 fully saturated rings. The van der Waals surface area contributed by atoms with E-state index < -0.39 is 0 Å². The number of hydrogen-bond donors (Lipinski definition) is 0. The molecule has 184 valence electrons. The number of thiophene rings is 2. The Morgan fingerprint density at radius 3 is 1.46 bits per heavy atom. The average Bonchev–Trinajstić information content (AvgIpc) is 3.53. The molecule has 6 rings (SSSR count). The minimum absolute atomic E-state index is 0.0690. The highest BCUT2D eigenvalue weighted by Crippen LogP contribution is 2.32. The number of aromatic nitrogens is 4. The highest BCUT2D eigenvalue weighted by atomic mass is 79.9. The summed E-state index contributed by atoms with van der Waals surface area (Å²) < 4.78 is 5.24. The molecular formula is C27H18Br2N4O2S2. The molecule has 2 aromatic carbocycles. The van der Waals surface area contributed by atoms with Gasteiger partial charge in [0.2, 0.25) is 0 Å². The molecule has 0 N–H and O–H groups in total. The van der Waals surface area contributed by atoms with Crippen molar-refractivity contribution in [3.63, 3.8) is 0 Å². The monoisotopic (exact) mass is 652 g/mol. The van der Waals surface area contributed by atoms with Gasteiger partial charge in [0, 0.05) is 43.9 Å². The van der Waals surface area contributed by atoms with Crippen LogP contribution in [0.2, 0.25) is 0 Å². The highest BCUT2D eigenvalue weighted by Gasteiger charge is 2.15. The maximum atomic E-state index is 13.4. The van der Waals surface area contributed by atoms with E-state index in [4.69, 9.17) is 0 Å². The Morgan fingerprint density at radius 2 is 1.05 bits per heavy atom. The van der Waals surface area contributed by atoms with Crippen molar-refractivity contribution >= 4 is 75.0 Å². The van der Waals surface area contributed by atoms with Crippen LogP contribution in [0, 0.1) is 0 Å². The molecule has 10 heteroatoms. The molecule has 0 aliphatic rings. The quantitative estimate of drug-likeness (QED) is 0.191. The molecule has 0 radical (unpaired) electrons. The van der Waals surface area contributed by atoms with Gasteiger partial charge in [-0.25, -0.2) is 9.97 Å². The Hall–Kier alpha value is -2.92. The Bertz CT molecular complexity index is 1730. The predicted octanol–water partition coefficient (Wildman–Crippen LogP) is 7.18. The lowest BCUT2D eigenvalue weighted by Crippen LogP contribution is -2.24. The van der Waals surface area contributed by atoms with Crippen LogP contribution in [0.25, 0.3) is 42.7 Å². The molecule has 4 aromatic heterocycles. The molecule has 37 heavy (non-hydrogen) atoms. The zero-order valence-electron chi connectivity index (χ0n) is 19.2. The number of hydrogen-bond acceptors (Lipinski definition) is 6. The molecule has 0 aliphatic heterocycles. The molecule has 0 amide bonds. The fourth-order valence-corrected chi connectivity index (χ4v) is 6.69. The lowest BCUT2D eigenvalue weighted by atomic mass is 10.1. The predicted molar refractivity (Wildman–Crippen MR) is 159 cm³/mol. The first-order chi connectivity index (χ1) is 18.0. The summed E-state index contributed by atoms with van der Waals surface area (Å²) in [4.78, 5) is 37.2. The third-order valence-electron chi connectivity index (χ3n) is 6.23. The smallest absolute Gasteiger partial charge is 0.262 e. The third kappa shape index (κ3) is 4.63. The van der Waals surface area contributed by atoms with E-state index in [2.05, 4.69) is 41.8 Å². The van der Waals surface area contributed by atoms with Gasteiger partial charge in [-0.3, -0.25) is 18.7 Å². The second-order valence-electron chi connectivity index (χ2n) is 8.51. The van der Waals surface area contributed by atoms with Gasteiger partial charge in [-0.1, -0.05) is 56.1 Å². The molecule has 0 saturated heterocycles. The summed E-state index contributed by atoms with van der Waals surface area (Å²) in [6.07, 6.45) is 3.79. The van der Waals surface area contributed by atoms with Crippen molar-refractivity contribution in [2.24, 2.45) is 0 Å². The first-order valence-corrected chi connectivity index (χ1v) is 14.8. The Labute approximate surface area is 236 Å². The molecule has 0 aliphatic carbocycles. The summed E-state index contributed by atoms with van der Waals surface area (Å²) in [7, 11) is 0. The lowest BCUT2D eigenvalue weighted by molar-refractivity contribution is 0.539. The zero-order valence-corrected chi connectivity index (χ0v) is 24.0. The molecular weight excluding hydrogens is 636 g/mol. The molecule has 0 atom stereocenters. The van der Waals surface area contributed by atoms with Gasteiger partial charge >= 0.3 is 0 Å². The minimum atomic E-state index is -0.0690. The van der Waals surface area contributed by atoms with E-state index in [1.54, 1.807) is 21.8 Å². The maximum absolute atomic E-state index is 13.4. The van der Waals surface area contributed by atoms with Crippen molar-refractivity contribution in [3.8, 4) is 22.3 Å². The summed E-state index contributed by atoms with van der Waals surface area (Å²) in [5.74, 6) is 0. The zero-order chi connectivity index (χ0) is 25.5. The van der Waals surface area contributed by atoms with Crippen LogP contribution < -0.4 is 11.1 Å². The van der Waals surface area contributed by atoms with Gasteiger partial charge in [0.1, 0.15) is 9.66 Å². The van der Waals surface area contributed by atoms with Crippen LogP contribution in [-0.2, 0) is 13.1 Å². The lowest BCUT2D eigenvalue weighted by Gasteiger charge is -2.09. The standard InChI is InChI=1S/C27H18Br2N4O2S2/c28-18-6-2-16(3-7-18)20-12-36-24-22(20)26(34)32(14-30-24)10-1-11-33-15-31-25-23(27(33)35)21(13-37-25)17-4-8-19(29)9-5-17/h2-9,12-15H,1,10-11H2. The van der Waals surface area contributed by atoms with Gasteiger partial charge < -0.3 is 0 Å². The minimum Gasteiger partial charge on any atom is -0.299 e. The van der Waals surface area contributed by atoms with Crippen molar-refractivity contribution in [3.05, 3.63) is 102 Å². The average molecular weight is 654 g/mol. The molecule has 4 heterocycles. The van der Waals surface area contributed by atoms with Crippen LogP contribution in [0.1, 0.15) is 6.42 Å². The molecule has 0 spiro atoms. The van der Waals surface area contributed by atoms with Crippen LogP contribution in [0.15, 0.2) is 90.5 Å². The number of benzene rings is 2. The SMILES string of the molecule is O=c1c2c(-c3ccc(Br)cc3)csc2ncn1CCCn1cnc2scc(-c3ccc(Br)cc3)c2c1=O. The third-order valence-corrected chi connectivity index (χ3v) is 9.06. The summed E-state index contributed by atoms with van der Waals surface area (Å²) in [6.45, 7) is 0.899. The van der Waals surface area contributed by atoms with Crippen LogP contribution in [-0.4, -0.2) is 19.1 Å². The normalized spacial score (nSPS) is 11.5. The Kier molecular flexibility index (Phi) is 6.66. The van der Waals surface area contributed by atoms with Crippen LogP contribution >= 0.6 is 54.5 Å². The number of halogens is 2. The van der Waals surface area contributed by atoms with Crippen LogP contribution in [0.3, 0.4) is 0 Å². The van der Waals surface area contributed by atoms with E-state index >= 15 is 0 Å². The van der Waals surface area contributed by atoms with E-state index in [9.17, 15) is 9.59 Å². The second kappa shape index (κ2) is 10.1. The molecule has 0 bridgehead atoms. The molecule has 6 aromatic rings. The first-order valence-electron chi connectivity index (χ1n) is 11.4. The van der Waals surface area contributed by atoms with E-state index in [-0.39, 0.29) is 11.1 Å². The summed E-state index contributed by atoms with van der Waals surface area (Å²) in [6, 6.07) is 15.8. The summed E-state index contributed by atoms with van der Waals surface area (Å²) in [5, 5.41) is 5.23. The number of fused-ring (bicyclic) bond motifs is 2.